The van der Waals surface area contributed by atoms with Crippen molar-refractivity contribution in [2.75, 3.05) is 13.7 Å². The van der Waals surface area contributed by atoms with Gasteiger partial charge in [-0.05, 0) is 37.6 Å². The number of halogens is 1. The Kier molecular flexibility index (Phi) is 4.97. The first-order chi connectivity index (χ1) is 8.01. The maximum atomic E-state index is 12.2. The lowest BCUT2D eigenvalue weighted by atomic mass is 9.93. The Morgan fingerprint density at radius 2 is 2.18 bits per heavy atom. The van der Waals surface area contributed by atoms with Gasteiger partial charge < -0.3 is 10.5 Å². The number of hydrogen-bond donors (Lipinski definition) is 1. The second-order valence-electron chi connectivity index (χ2n) is 4.14. The quantitative estimate of drug-likeness (QED) is 0.823. The van der Waals surface area contributed by atoms with Gasteiger partial charge in [0.25, 0.3) is 0 Å². The predicted octanol–water partition coefficient (Wildman–Crippen LogP) is 2.82. The number of nitrogens with two attached hydrogens (primary N) is 1. The highest BCUT2D eigenvalue weighted by Crippen LogP contribution is 2.29. The Hall–Kier alpha value is -1.06. The summed E-state index contributed by atoms with van der Waals surface area (Å²) in [5, 5.41) is 0.460. The van der Waals surface area contributed by atoms with Crippen LogP contribution in [0.2, 0.25) is 5.02 Å². The van der Waals surface area contributed by atoms with E-state index in [1.165, 1.54) is 0 Å². The van der Waals surface area contributed by atoms with Crippen LogP contribution in [0.15, 0.2) is 12.1 Å². The standard InChI is InChI=1S/C13H18ClNO2/c1-8(4-5-15)13(16)10-7-11(14)12(17-3)6-9(10)2/h6-8H,4-5,15H2,1-3H3. The zero-order valence-electron chi connectivity index (χ0n) is 10.4. The Labute approximate surface area is 107 Å². The molecule has 0 amide bonds. The highest BCUT2D eigenvalue weighted by molar-refractivity contribution is 6.32. The molecule has 1 aromatic rings. The van der Waals surface area contributed by atoms with Crippen LogP contribution in [-0.4, -0.2) is 19.4 Å². The van der Waals surface area contributed by atoms with Crippen molar-refractivity contribution in [3.63, 3.8) is 0 Å². The summed E-state index contributed by atoms with van der Waals surface area (Å²) in [6, 6.07) is 3.45. The third-order valence-electron chi connectivity index (χ3n) is 2.81. The summed E-state index contributed by atoms with van der Waals surface area (Å²) < 4.78 is 5.11. The van der Waals surface area contributed by atoms with Crippen molar-refractivity contribution in [2.24, 2.45) is 11.7 Å². The molecule has 1 atom stereocenters. The van der Waals surface area contributed by atoms with Crippen LogP contribution in [-0.2, 0) is 0 Å². The second kappa shape index (κ2) is 6.03. The number of ether oxygens (including phenoxy) is 1. The van der Waals surface area contributed by atoms with Crippen LogP contribution in [0, 0.1) is 12.8 Å². The van der Waals surface area contributed by atoms with Crippen LogP contribution in [0.3, 0.4) is 0 Å². The Bertz CT molecular complexity index is 418. The van der Waals surface area contributed by atoms with E-state index in [-0.39, 0.29) is 11.7 Å². The van der Waals surface area contributed by atoms with E-state index in [4.69, 9.17) is 22.1 Å². The van der Waals surface area contributed by atoms with Gasteiger partial charge in [0.05, 0.1) is 12.1 Å². The minimum Gasteiger partial charge on any atom is -0.495 e. The molecule has 0 aliphatic carbocycles. The van der Waals surface area contributed by atoms with Crippen LogP contribution in [0.25, 0.3) is 0 Å². The van der Waals surface area contributed by atoms with E-state index in [1.54, 1.807) is 19.2 Å². The van der Waals surface area contributed by atoms with E-state index < -0.39 is 0 Å². The van der Waals surface area contributed by atoms with Gasteiger partial charge in [-0.2, -0.15) is 0 Å². The Balaban J connectivity index is 3.06. The normalized spacial score (nSPS) is 12.3. The molecule has 94 valence electrons. The van der Waals surface area contributed by atoms with Gasteiger partial charge in [-0.25, -0.2) is 0 Å². The number of carbonyl (C=O) groups excluding carboxylic acids is 1. The first-order valence-electron chi connectivity index (χ1n) is 5.59. The summed E-state index contributed by atoms with van der Waals surface area (Å²) in [6.45, 7) is 4.27. The zero-order chi connectivity index (χ0) is 13.0. The maximum absolute atomic E-state index is 12.2. The van der Waals surface area contributed by atoms with Crippen LogP contribution in [0.5, 0.6) is 5.75 Å². The Morgan fingerprint density at radius 3 is 2.71 bits per heavy atom. The number of methoxy groups -OCH3 is 1. The summed E-state index contributed by atoms with van der Waals surface area (Å²) in [6.07, 6.45) is 0.682. The van der Waals surface area contributed by atoms with Gasteiger partial charge in [0, 0.05) is 11.5 Å². The number of ketones is 1. The lowest BCUT2D eigenvalue weighted by Crippen LogP contribution is -2.16. The van der Waals surface area contributed by atoms with E-state index in [1.807, 2.05) is 13.8 Å². The van der Waals surface area contributed by atoms with Crippen molar-refractivity contribution in [1.29, 1.82) is 0 Å². The maximum Gasteiger partial charge on any atom is 0.166 e. The van der Waals surface area contributed by atoms with Crippen molar-refractivity contribution in [2.45, 2.75) is 20.3 Å². The molecule has 0 saturated carbocycles. The van der Waals surface area contributed by atoms with Gasteiger partial charge >= 0.3 is 0 Å². The van der Waals surface area contributed by atoms with Crippen molar-refractivity contribution in [1.82, 2.24) is 0 Å². The van der Waals surface area contributed by atoms with Crippen LogP contribution < -0.4 is 10.5 Å². The van der Waals surface area contributed by atoms with Crippen LogP contribution in [0.1, 0.15) is 29.3 Å². The van der Waals surface area contributed by atoms with E-state index in [0.29, 0.717) is 29.3 Å². The molecule has 1 rings (SSSR count). The van der Waals surface area contributed by atoms with Gasteiger partial charge in [-0.1, -0.05) is 18.5 Å². The largest absolute Gasteiger partial charge is 0.495 e. The second-order valence-corrected chi connectivity index (χ2v) is 4.55. The molecule has 0 radical (unpaired) electrons. The van der Waals surface area contributed by atoms with E-state index >= 15 is 0 Å². The summed E-state index contributed by atoms with van der Waals surface area (Å²) in [5.74, 6) is 0.591. The zero-order valence-corrected chi connectivity index (χ0v) is 11.2. The van der Waals surface area contributed by atoms with Crippen molar-refractivity contribution in [3.05, 3.63) is 28.3 Å². The molecule has 0 fully saturated rings. The molecule has 0 saturated heterocycles. The summed E-state index contributed by atoms with van der Waals surface area (Å²) >= 11 is 6.03. The van der Waals surface area contributed by atoms with Gasteiger partial charge in [0.1, 0.15) is 5.75 Å². The van der Waals surface area contributed by atoms with Crippen molar-refractivity contribution < 1.29 is 9.53 Å². The topological polar surface area (TPSA) is 52.3 Å². The van der Waals surface area contributed by atoms with Crippen molar-refractivity contribution >= 4 is 17.4 Å². The molecule has 0 aliphatic rings. The van der Waals surface area contributed by atoms with Gasteiger partial charge in [-0.3, -0.25) is 4.79 Å². The third kappa shape index (κ3) is 3.20. The highest BCUT2D eigenvalue weighted by atomic mass is 35.5. The first-order valence-corrected chi connectivity index (χ1v) is 5.97. The minimum absolute atomic E-state index is 0.0804. The summed E-state index contributed by atoms with van der Waals surface area (Å²) in [7, 11) is 1.55. The molecule has 4 heteroatoms. The highest BCUT2D eigenvalue weighted by Gasteiger charge is 2.18. The Morgan fingerprint density at radius 1 is 1.53 bits per heavy atom. The minimum atomic E-state index is -0.0804. The summed E-state index contributed by atoms with van der Waals surface area (Å²) in [5.41, 5.74) is 6.99. The molecule has 2 N–H and O–H groups in total. The average Bonchev–Trinajstić information content (AvgIpc) is 2.31. The lowest BCUT2D eigenvalue weighted by Gasteiger charge is -2.13. The van der Waals surface area contributed by atoms with Crippen LogP contribution in [0.4, 0.5) is 0 Å². The average molecular weight is 256 g/mol. The number of benzene rings is 1. The lowest BCUT2D eigenvalue weighted by molar-refractivity contribution is 0.0925. The van der Waals surface area contributed by atoms with Gasteiger partial charge in [0.15, 0.2) is 5.78 Å². The summed E-state index contributed by atoms with van der Waals surface area (Å²) in [4.78, 5) is 12.2. The number of hydrogen-bond acceptors (Lipinski definition) is 3. The van der Waals surface area contributed by atoms with E-state index in [0.717, 1.165) is 5.56 Å². The van der Waals surface area contributed by atoms with E-state index in [2.05, 4.69) is 0 Å². The monoisotopic (exact) mass is 255 g/mol. The fourth-order valence-electron chi connectivity index (χ4n) is 1.72. The third-order valence-corrected chi connectivity index (χ3v) is 3.11. The predicted molar refractivity (Wildman–Crippen MR) is 69.9 cm³/mol. The molecule has 0 aromatic heterocycles. The smallest absolute Gasteiger partial charge is 0.166 e. The molecule has 1 aromatic carbocycles. The molecular formula is C13H18ClNO2. The molecule has 3 nitrogen and oxygen atoms in total. The van der Waals surface area contributed by atoms with Crippen molar-refractivity contribution in [3.8, 4) is 5.75 Å². The number of Topliss-reactive ketones (excluding diaryl/α,β-unsaturated/α-hetero) is 1. The molecule has 1 unspecified atom stereocenters. The number of rotatable bonds is 5. The van der Waals surface area contributed by atoms with Crippen LogP contribution >= 0.6 is 11.6 Å². The molecule has 17 heavy (non-hydrogen) atoms. The number of aryl methyl sites for hydroxylation is 1. The fraction of sp³-hybridized carbons (Fsp3) is 0.462. The fourth-order valence-corrected chi connectivity index (χ4v) is 1.96. The SMILES string of the molecule is COc1cc(C)c(C(=O)C(C)CCN)cc1Cl. The molecule has 0 heterocycles. The van der Waals surface area contributed by atoms with Gasteiger partial charge in [0.2, 0.25) is 0 Å². The number of carbonyl (C=O) groups is 1. The molecule has 0 spiro atoms. The van der Waals surface area contributed by atoms with Gasteiger partial charge in [-0.15, -0.1) is 0 Å². The molecule has 0 aliphatic heterocycles. The first kappa shape index (κ1) is 14.0. The molecule has 0 bridgehead atoms. The molecular weight excluding hydrogens is 238 g/mol. The van der Waals surface area contributed by atoms with E-state index in [9.17, 15) is 4.79 Å².